The third kappa shape index (κ3) is 2.36. The van der Waals surface area contributed by atoms with Crippen LogP contribution in [0.3, 0.4) is 0 Å². The van der Waals surface area contributed by atoms with E-state index in [4.69, 9.17) is 0 Å². The average Bonchev–Trinajstić information content (AvgIpc) is 2.01. The van der Waals surface area contributed by atoms with Crippen molar-refractivity contribution in [2.24, 2.45) is 5.41 Å². The first-order chi connectivity index (χ1) is 4.98. The van der Waals surface area contributed by atoms with Crippen molar-refractivity contribution in [1.82, 2.24) is 0 Å². The van der Waals surface area contributed by atoms with Crippen LogP contribution in [0, 0.1) is 5.41 Å². The zero-order valence-electron chi connectivity index (χ0n) is 8.91. The Balaban J connectivity index is 4.64. The van der Waals surface area contributed by atoms with Crippen molar-refractivity contribution in [1.29, 1.82) is 0 Å². The SMILES string of the molecule is CCC(C)(CC)C(C)=C(C)C. The van der Waals surface area contributed by atoms with Gasteiger partial charge in [0.15, 0.2) is 0 Å². The highest BCUT2D eigenvalue weighted by molar-refractivity contribution is 5.15. The Morgan fingerprint density at radius 2 is 1.36 bits per heavy atom. The molecule has 66 valence electrons. The van der Waals surface area contributed by atoms with Gasteiger partial charge >= 0.3 is 0 Å². The van der Waals surface area contributed by atoms with Gasteiger partial charge in [-0.25, -0.2) is 0 Å². The Labute approximate surface area is 71.7 Å². The second-order valence-corrected chi connectivity index (χ2v) is 3.89. The Hall–Kier alpha value is -0.260. The summed E-state index contributed by atoms with van der Waals surface area (Å²) in [6.45, 7) is 13.6. The Bertz CT molecular complexity index is 143. The van der Waals surface area contributed by atoms with Crippen LogP contribution in [0.15, 0.2) is 11.1 Å². The summed E-state index contributed by atoms with van der Waals surface area (Å²) in [6, 6.07) is 0. The molecule has 0 aliphatic rings. The lowest BCUT2D eigenvalue weighted by atomic mass is 9.76. The molecule has 0 aromatic heterocycles. The highest BCUT2D eigenvalue weighted by Crippen LogP contribution is 2.35. The van der Waals surface area contributed by atoms with Gasteiger partial charge in [0.2, 0.25) is 0 Å². The molecule has 11 heavy (non-hydrogen) atoms. The van der Waals surface area contributed by atoms with E-state index in [9.17, 15) is 0 Å². The Morgan fingerprint density at radius 3 is 1.45 bits per heavy atom. The summed E-state index contributed by atoms with van der Waals surface area (Å²) < 4.78 is 0. The van der Waals surface area contributed by atoms with E-state index in [1.54, 1.807) is 5.57 Å². The van der Waals surface area contributed by atoms with E-state index < -0.39 is 0 Å². The maximum Gasteiger partial charge on any atom is -0.0122 e. The van der Waals surface area contributed by atoms with Crippen molar-refractivity contribution < 1.29 is 0 Å². The maximum atomic E-state index is 2.36. The molecule has 0 saturated heterocycles. The molecular weight excluding hydrogens is 132 g/mol. The second-order valence-electron chi connectivity index (χ2n) is 3.89. The van der Waals surface area contributed by atoms with Gasteiger partial charge in [0.05, 0.1) is 0 Å². The molecule has 0 unspecified atom stereocenters. The van der Waals surface area contributed by atoms with Crippen molar-refractivity contribution in [2.75, 3.05) is 0 Å². The van der Waals surface area contributed by atoms with Crippen molar-refractivity contribution >= 4 is 0 Å². The van der Waals surface area contributed by atoms with E-state index in [-0.39, 0.29) is 0 Å². The van der Waals surface area contributed by atoms with Gasteiger partial charge in [-0.3, -0.25) is 0 Å². The van der Waals surface area contributed by atoms with E-state index in [1.807, 2.05) is 0 Å². The van der Waals surface area contributed by atoms with E-state index >= 15 is 0 Å². The zero-order chi connectivity index (χ0) is 9.07. The van der Waals surface area contributed by atoms with Crippen LogP contribution in [0.4, 0.5) is 0 Å². The van der Waals surface area contributed by atoms with Crippen LogP contribution in [-0.2, 0) is 0 Å². The fraction of sp³-hybridized carbons (Fsp3) is 0.818. The quantitative estimate of drug-likeness (QED) is 0.535. The molecule has 0 rings (SSSR count). The molecule has 0 aromatic carbocycles. The summed E-state index contributed by atoms with van der Waals surface area (Å²) in [5.74, 6) is 0. The van der Waals surface area contributed by atoms with Gasteiger partial charge in [0.1, 0.15) is 0 Å². The van der Waals surface area contributed by atoms with Crippen LogP contribution in [-0.4, -0.2) is 0 Å². The minimum atomic E-state index is 0.443. The molecule has 0 saturated carbocycles. The average molecular weight is 154 g/mol. The predicted molar refractivity (Wildman–Crippen MR) is 52.7 cm³/mol. The maximum absolute atomic E-state index is 2.36. The van der Waals surface area contributed by atoms with E-state index in [0.717, 1.165) is 0 Å². The van der Waals surface area contributed by atoms with Gasteiger partial charge in [-0.15, -0.1) is 0 Å². The standard InChI is InChI=1S/C11H22/c1-7-11(6,8-2)10(5)9(3)4/h7-8H2,1-6H3. The third-order valence-electron chi connectivity index (χ3n) is 3.22. The first kappa shape index (κ1) is 10.7. The molecule has 0 radical (unpaired) electrons. The van der Waals surface area contributed by atoms with Crippen LogP contribution in [0.5, 0.6) is 0 Å². The summed E-state index contributed by atoms with van der Waals surface area (Å²) in [7, 11) is 0. The Kier molecular flexibility index (Phi) is 3.85. The van der Waals surface area contributed by atoms with Gasteiger partial charge in [-0.2, -0.15) is 0 Å². The van der Waals surface area contributed by atoms with Gasteiger partial charge in [-0.05, 0) is 39.0 Å². The highest BCUT2D eigenvalue weighted by atomic mass is 14.3. The smallest absolute Gasteiger partial charge is 0.0122 e. The topological polar surface area (TPSA) is 0 Å². The van der Waals surface area contributed by atoms with Gasteiger partial charge in [0.25, 0.3) is 0 Å². The molecule has 0 N–H and O–H groups in total. The summed E-state index contributed by atoms with van der Waals surface area (Å²) in [5, 5.41) is 0. The number of hydrogen-bond donors (Lipinski definition) is 0. The molecule has 0 aliphatic heterocycles. The van der Waals surface area contributed by atoms with E-state index in [0.29, 0.717) is 5.41 Å². The van der Waals surface area contributed by atoms with Gasteiger partial charge < -0.3 is 0 Å². The lowest BCUT2D eigenvalue weighted by Crippen LogP contribution is -2.16. The molecule has 0 atom stereocenters. The van der Waals surface area contributed by atoms with Crippen LogP contribution in [0.1, 0.15) is 54.4 Å². The van der Waals surface area contributed by atoms with Crippen molar-refractivity contribution in [3.63, 3.8) is 0 Å². The molecule has 0 nitrogen and oxygen atoms in total. The van der Waals surface area contributed by atoms with E-state index in [1.165, 1.54) is 18.4 Å². The summed E-state index contributed by atoms with van der Waals surface area (Å²) in [5.41, 5.74) is 3.50. The molecule has 0 bridgehead atoms. The Morgan fingerprint density at radius 1 is 1.00 bits per heavy atom. The fourth-order valence-electron chi connectivity index (χ4n) is 1.38. The monoisotopic (exact) mass is 154 g/mol. The minimum absolute atomic E-state index is 0.443. The highest BCUT2D eigenvalue weighted by Gasteiger charge is 2.21. The van der Waals surface area contributed by atoms with Crippen molar-refractivity contribution in [3.8, 4) is 0 Å². The van der Waals surface area contributed by atoms with Gasteiger partial charge in [0, 0.05) is 0 Å². The molecular formula is C11H22. The van der Waals surface area contributed by atoms with Gasteiger partial charge in [-0.1, -0.05) is 31.9 Å². The summed E-state index contributed by atoms with van der Waals surface area (Å²) >= 11 is 0. The fourth-order valence-corrected chi connectivity index (χ4v) is 1.38. The normalized spacial score (nSPS) is 11.5. The number of hydrogen-bond acceptors (Lipinski definition) is 0. The first-order valence-electron chi connectivity index (χ1n) is 4.62. The number of rotatable bonds is 3. The predicted octanol–water partition coefficient (Wildman–Crippen LogP) is 4.17. The van der Waals surface area contributed by atoms with Crippen LogP contribution < -0.4 is 0 Å². The van der Waals surface area contributed by atoms with Crippen molar-refractivity contribution in [2.45, 2.75) is 54.4 Å². The van der Waals surface area contributed by atoms with Crippen LogP contribution in [0.2, 0.25) is 0 Å². The molecule has 0 heteroatoms. The molecule has 0 aromatic rings. The zero-order valence-corrected chi connectivity index (χ0v) is 8.91. The van der Waals surface area contributed by atoms with Crippen LogP contribution >= 0.6 is 0 Å². The van der Waals surface area contributed by atoms with Crippen LogP contribution in [0.25, 0.3) is 0 Å². The second kappa shape index (κ2) is 3.94. The minimum Gasteiger partial charge on any atom is -0.0770 e. The summed E-state index contributed by atoms with van der Waals surface area (Å²) in [4.78, 5) is 0. The molecule has 0 spiro atoms. The van der Waals surface area contributed by atoms with E-state index in [2.05, 4.69) is 41.5 Å². The number of allylic oxidation sites excluding steroid dienone is 2. The lowest BCUT2D eigenvalue weighted by Gasteiger charge is -2.29. The first-order valence-corrected chi connectivity index (χ1v) is 4.62. The van der Waals surface area contributed by atoms with Crippen molar-refractivity contribution in [3.05, 3.63) is 11.1 Å². The summed E-state index contributed by atoms with van der Waals surface area (Å²) in [6.07, 6.45) is 2.50. The lowest BCUT2D eigenvalue weighted by molar-refractivity contribution is 0.364. The molecule has 0 aliphatic carbocycles. The molecule has 0 heterocycles. The largest absolute Gasteiger partial charge is 0.0770 e. The third-order valence-corrected chi connectivity index (χ3v) is 3.22. The molecule has 0 amide bonds. The molecule has 0 fully saturated rings.